The summed E-state index contributed by atoms with van der Waals surface area (Å²) in [5.41, 5.74) is 1.93. The fourth-order valence-corrected chi connectivity index (χ4v) is 3.93. The van der Waals surface area contributed by atoms with E-state index in [-0.39, 0.29) is 5.91 Å². The number of aromatic nitrogens is 2. The third-order valence-electron chi connectivity index (χ3n) is 4.29. The minimum atomic E-state index is -0.719. The van der Waals surface area contributed by atoms with Gasteiger partial charge in [-0.25, -0.2) is 9.59 Å². The number of nitrogens with one attached hydrogen (secondary N) is 1. The van der Waals surface area contributed by atoms with Crippen LogP contribution in [0.3, 0.4) is 0 Å². The van der Waals surface area contributed by atoms with E-state index in [1.165, 1.54) is 23.0 Å². The van der Waals surface area contributed by atoms with Gasteiger partial charge in [0.15, 0.2) is 0 Å². The highest BCUT2D eigenvalue weighted by molar-refractivity contribution is 7.16. The van der Waals surface area contributed by atoms with Gasteiger partial charge in [-0.3, -0.25) is 9.36 Å². The van der Waals surface area contributed by atoms with Crippen molar-refractivity contribution >= 4 is 28.2 Å². The average Bonchev–Trinajstić information content (AvgIpc) is 2.83. The Hall–Kier alpha value is -2.48. The molecule has 0 fully saturated rings. The third kappa shape index (κ3) is 3.70. The van der Waals surface area contributed by atoms with E-state index in [4.69, 9.17) is 4.74 Å². The van der Waals surface area contributed by atoms with E-state index >= 15 is 0 Å². The molecule has 0 saturated heterocycles. The van der Waals surface area contributed by atoms with Crippen LogP contribution in [0.5, 0.6) is 0 Å². The first-order valence-corrected chi connectivity index (χ1v) is 9.08. The van der Waals surface area contributed by atoms with E-state index < -0.39 is 17.7 Å². The van der Waals surface area contributed by atoms with Crippen molar-refractivity contribution in [3.8, 4) is 0 Å². The first kappa shape index (κ1) is 19.8. The van der Waals surface area contributed by atoms with Crippen LogP contribution < -0.4 is 11.0 Å². The molecule has 2 aromatic heterocycles. The molecule has 0 aliphatic heterocycles. The van der Waals surface area contributed by atoms with Gasteiger partial charge in [-0.15, -0.1) is 11.3 Å². The molecule has 0 saturated carbocycles. The number of carbonyl (C=O) groups excluding carboxylic acids is 2. The maximum Gasteiger partial charge on any atom is 0.348 e. The molecule has 0 radical (unpaired) electrons. The van der Waals surface area contributed by atoms with Crippen molar-refractivity contribution in [3.05, 3.63) is 43.9 Å². The summed E-state index contributed by atoms with van der Waals surface area (Å²) in [6.07, 6.45) is 0.411. The normalized spacial score (nSPS) is 11.9. The lowest BCUT2D eigenvalue weighted by atomic mass is 10.1. The van der Waals surface area contributed by atoms with E-state index in [9.17, 15) is 14.4 Å². The summed E-state index contributed by atoms with van der Waals surface area (Å²) in [6.45, 7) is 9.01. The molecular weight excluding hydrogens is 354 g/mol. The maximum absolute atomic E-state index is 12.9. The third-order valence-corrected chi connectivity index (χ3v) is 5.41. The van der Waals surface area contributed by atoms with Crippen LogP contribution >= 0.6 is 11.3 Å². The van der Waals surface area contributed by atoms with Crippen molar-refractivity contribution in [1.29, 1.82) is 0 Å². The van der Waals surface area contributed by atoms with Crippen molar-refractivity contribution in [2.45, 2.75) is 47.1 Å². The predicted molar refractivity (Wildman–Crippen MR) is 101 cm³/mol. The first-order chi connectivity index (χ1) is 12.2. The highest BCUT2D eigenvalue weighted by atomic mass is 32.1. The summed E-state index contributed by atoms with van der Waals surface area (Å²) in [5.74, 6) is -0.865. The van der Waals surface area contributed by atoms with Crippen LogP contribution in [0.2, 0.25) is 0 Å². The molecule has 2 aromatic rings. The molecule has 0 aliphatic carbocycles. The van der Waals surface area contributed by atoms with Gasteiger partial charge < -0.3 is 10.1 Å². The summed E-state index contributed by atoms with van der Waals surface area (Å²) in [7, 11) is 1.30. The average molecular weight is 377 g/mol. The van der Waals surface area contributed by atoms with Crippen LogP contribution in [-0.4, -0.2) is 28.5 Å². The second-order valence-corrected chi connectivity index (χ2v) is 7.31. The molecule has 0 aromatic carbocycles. The summed E-state index contributed by atoms with van der Waals surface area (Å²) >= 11 is 1.31. The second kappa shape index (κ2) is 7.82. The van der Waals surface area contributed by atoms with Gasteiger partial charge in [0.1, 0.15) is 11.0 Å². The summed E-state index contributed by atoms with van der Waals surface area (Å²) in [5, 5.41) is 3.23. The molecule has 8 heteroatoms. The Morgan fingerprint density at radius 1 is 1.31 bits per heavy atom. The van der Waals surface area contributed by atoms with Gasteiger partial charge >= 0.3 is 11.7 Å². The van der Waals surface area contributed by atoms with Crippen molar-refractivity contribution in [2.24, 2.45) is 0 Å². The Kier molecular flexibility index (Phi) is 5.97. The van der Waals surface area contributed by atoms with Gasteiger partial charge in [-0.2, -0.15) is 4.98 Å². The highest BCUT2D eigenvalue weighted by Gasteiger charge is 2.26. The lowest BCUT2D eigenvalue weighted by Crippen LogP contribution is -2.36. The van der Waals surface area contributed by atoms with Gasteiger partial charge in [-0.05, 0) is 45.7 Å². The number of amides is 1. The standard InChI is InChI=1S/C18H23N3O4S/c1-7-13(21-10(3)8-9(2)19-18(21)24)15(22)20-16-14(17(23)25-6)11(4)12(5)26-16/h8,13H,7H2,1-6H3,(H,20,22). The Morgan fingerprint density at radius 2 is 1.96 bits per heavy atom. The number of ether oxygens (including phenoxy) is 1. The number of anilines is 1. The van der Waals surface area contributed by atoms with E-state index in [1.54, 1.807) is 19.9 Å². The topological polar surface area (TPSA) is 90.3 Å². The van der Waals surface area contributed by atoms with Gasteiger partial charge in [-0.1, -0.05) is 6.92 Å². The molecule has 26 heavy (non-hydrogen) atoms. The summed E-state index contributed by atoms with van der Waals surface area (Å²) in [4.78, 5) is 42.1. The summed E-state index contributed by atoms with van der Waals surface area (Å²) in [6, 6.07) is 1.04. The van der Waals surface area contributed by atoms with Crippen LogP contribution in [0.25, 0.3) is 0 Å². The predicted octanol–water partition coefficient (Wildman–Crippen LogP) is 2.91. The first-order valence-electron chi connectivity index (χ1n) is 8.27. The van der Waals surface area contributed by atoms with Crippen molar-refractivity contribution in [1.82, 2.24) is 9.55 Å². The second-order valence-electron chi connectivity index (χ2n) is 6.08. The Balaban J connectivity index is 2.42. The van der Waals surface area contributed by atoms with Crippen LogP contribution in [0.15, 0.2) is 10.9 Å². The Morgan fingerprint density at radius 3 is 2.50 bits per heavy atom. The molecule has 0 aliphatic rings. The van der Waals surface area contributed by atoms with Gasteiger partial charge in [0.2, 0.25) is 5.91 Å². The molecule has 2 heterocycles. The number of hydrogen-bond donors (Lipinski definition) is 1. The van der Waals surface area contributed by atoms with Gasteiger partial charge in [0, 0.05) is 16.3 Å². The maximum atomic E-state index is 12.9. The van der Waals surface area contributed by atoms with Crippen molar-refractivity contribution < 1.29 is 14.3 Å². The number of esters is 1. The van der Waals surface area contributed by atoms with Crippen molar-refractivity contribution in [2.75, 3.05) is 12.4 Å². The zero-order valence-electron chi connectivity index (χ0n) is 15.8. The number of methoxy groups -OCH3 is 1. The number of hydrogen-bond acceptors (Lipinski definition) is 6. The van der Waals surface area contributed by atoms with E-state index in [0.29, 0.717) is 28.4 Å². The minimum Gasteiger partial charge on any atom is -0.465 e. The van der Waals surface area contributed by atoms with Gasteiger partial charge in [0.05, 0.1) is 12.7 Å². The molecule has 7 nitrogen and oxygen atoms in total. The largest absolute Gasteiger partial charge is 0.465 e. The van der Waals surface area contributed by atoms with E-state index in [2.05, 4.69) is 10.3 Å². The molecule has 0 bridgehead atoms. The van der Waals surface area contributed by atoms with Crippen LogP contribution in [0, 0.1) is 27.7 Å². The van der Waals surface area contributed by atoms with E-state index in [1.807, 2.05) is 20.8 Å². The number of rotatable bonds is 5. The molecule has 2 rings (SSSR count). The molecule has 1 N–H and O–H groups in total. The van der Waals surface area contributed by atoms with Crippen LogP contribution in [0.1, 0.15) is 51.6 Å². The minimum absolute atomic E-state index is 0.351. The van der Waals surface area contributed by atoms with Crippen LogP contribution in [0.4, 0.5) is 5.00 Å². The van der Waals surface area contributed by atoms with Crippen LogP contribution in [-0.2, 0) is 9.53 Å². The molecule has 1 unspecified atom stereocenters. The zero-order valence-corrected chi connectivity index (χ0v) is 16.6. The fraction of sp³-hybridized carbons (Fsp3) is 0.444. The zero-order chi connectivity index (χ0) is 19.6. The lowest BCUT2D eigenvalue weighted by molar-refractivity contribution is -0.119. The fourth-order valence-electron chi connectivity index (χ4n) is 2.88. The molecule has 0 spiro atoms. The molecule has 1 amide bonds. The highest BCUT2D eigenvalue weighted by Crippen LogP contribution is 2.33. The lowest BCUT2D eigenvalue weighted by Gasteiger charge is -2.20. The van der Waals surface area contributed by atoms with Crippen molar-refractivity contribution in [3.63, 3.8) is 0 Å². The van der Waals surface area contributed by atoms with Gasteiger partial charge in [0.25, 0.3) is 0 Å². The molecule has 140 valence electrons. The monoisotopic (exact) mass is 377 g/mol. The number of thiophene rings is 1. The number of aryl methyl sites for hydroxylation is 3. The Labute approximate surface area is 156 Å². The van der Waals surface area contributed by atoms with E-state index in [0.717, 1.165) is 10.4 Å². The number of nitrogens with zero attached hydrogens (tertiary/aromatic N) is 2. The summed E-state index contributed by atoms with van der Waals surface area (Å²) < 4.78 is 6.21. The SMILES string of the molecule is CCC(C(=O)Nc1sc(C)c(C)c1C(=O)OC)n1c(C)cc(C)nc1=O. The Bertz CT molecular complexity index is 914. The number of carbonyl (C=O) groups is 2. The smallest absolute Gasteiger partial charge is 0.348 e. The molecular formula is C18H23N3O4S. The quantitative estimate of drug-likeness (QED) is 0.809. The molecule has 1 atom stereocenters.